The lowest BCUT2D eigenvalue weighted by atomic mass is 10.1. The van der Waals surface area contributed by atoms with E-state index in [1.807, 2.05) is 17.9 Å². The topological polar surface area (TPSA) is 51.0 Å². The van der Waals surface area contributed by atoms with Crippen molar-refractivity contribution in [2.75, 3.05) is 6.54 Å². The van der Waals surface area contributed by atoms with E-state index in [4.69, 9.17) is 0 Å². The quantitative estimate of drug-likeness (QED) is 0.863. The molecule has 1 aliphatic rings. The highest BCUT2D eigenvalue weighted by atomic mass is 32.1. The van der Waals surface area contributed by atoms with E-state index in [9.17, 15) is 4.79 Å². The maximum atomic E-state index is 12.9. The number of amides is 1. The number of aromatic nitrogens is 3. The Balaban J connectivity index is 1.76. The van der Waals surface area contributed by atoms with E-state index in [1.54, 1.807) is 22.3 Å². The lowest BCUT2D eigenvalue weighted by molar-refractivity contribution is -0.136. The third-order valence-corrected chi connectivity index (χ3v) is 5.14. The van der Waals surface area contributed by atoms with Crippen LogP contribution in [0.25, 0.3) is 6.08 Å². The molecular weight excluding hydrogens is 308 g/mol. The van der Waals surface area contributed by atoms with E-state index < -0.39 is 0 Å². The van der Waals surface area contributed by atoms with Gasteiger partial charge in [0.15, 0.2) is 0 Å². The van der Waals surface area contributed by atoms with Crippen LogP contribution in [0.4, 0.5) is 0 Å². The SMILES string of the molecule is CC(C(=O)N1CCCCCC1C=Cc1cccs1)n1cncn1. The number of thiophene rings is 1. The molecule has 2 aromatic rings. The van der Waals surface area contributed by atoms with Gasteiger partial charge in [-0.15, -0.1) is 11.3 Å². The molecule has 0 saturated carbocycles. The van der Waals surface area contributed by atoms with Gasteiger partial charge in [-0.2, -0.15) is 5.10 Å². The molecule has 0 spiro atoms. The maximum absolute atomic E-state index is 12.9. The molecule has 3 rings (SSSR count). The van der Waals surface area contributed by atoms with Crippen LogP contribution in [0.5, 0.6) is 0 Å². The second-order valence-corrected chi connectivity index (χ2v) is 6.85. The van der Waals surface area contributed by atoms with Crippen LogP contribution in [0.15, 0.2) is 36.2 Å². The second kappa shape index (κ2) is 7.55. The average molecular weight is 330 g/mol. The molecule has 1 amide bonds. The Labute approximate surface area is 140 Å². The molecule has 2 unspecified atom stereocenters. The highest BCUT2D eigenvalue weighted by Crippen LogP contribution is 2.22. The Hall–Kier alpha value is -1.95. The highest BCUT2D eigenvalue weighted by Gasteiger charge is 2.28. The van der Waals surface area contributed by atoms with E-state index in [-0.39, 0.29) is 18.0 Å². The molecule has 1 fully saturated rings. The number of nitrogens with zero attached hydrogens (tertiary/aromatic N) is 4. The minimum absolute atomic E-state index is 0.123. The maximum Gasteiger partial charge on any atom is 0.247 e. The molecule has 2 aromatic heterocycles. The molecule has 1 aliphatic heterocycles. The highest BCUT2D eigenvalue weighted by molar-refractivity contribution is 7.10. The van der Waals surface area contributed by atoms with Gasteiger partial charge < -0.3 is 4.90 Å². The number of carbonyl (C=O) groups is 1. The minimum Gasteiger partial charge on any atom is -0.334 e. The van der Waals surface area contributed by atoms with Crippen LogP contribution in [0.3, 0.4) is 0 Å². The second-order valence-electron chi connectivity index (χ2n) is 5.87. The molecule has 5 nitrogen and oxygen atoms in total. The smallest absolute Gasteiger partial charge is 0.247 e. The zero-order chi connectivity index (χ0) is 16.1. The molecule has 6 heteroatoms. The number of hydrogen-bond acceptors (Lipinski definition) is 4. The largest absolute Gasteiger partial charge is 0.334 e. The Bertz CT molecular complexity index is 636. The van der Waals surface area contributed by atoms with E-state index >= 15 is 0 Å². The zero-order valence-corrected chi connectivity index (χ0v) is 14.2. The van der Waals surface area contributed by atoms with Crippen molar-refractivity contribution >= 4 is 23.3 Å². The number of likely N-dealkylation sites (tertiary alicyclic amines) is 1. The Kier molecular flexibility index (Phi) is 5.23. The first-order chi connectivity index (χ1) is 11.3. The summed E-state index contributed by atoms with van der Waals surface area (Å²) in [6, 6.07) is 4.00. The predicted molar refractivity (Wildman–Crippen MR) is 92.1 cm³/mol. The van der Waals surface area contributed by atoms with Gasteiger partial charge in [0.1, 0.15) is 18.7 Å². The molecule has 2 atom stereocenters. The summed E-state index contributed by atoms with van der Waals surface area (Å²) in [5.74, 6) is 0.123. The van der Waals surface area contributed by atoms with Crippen molar-refractivity contribution in [1.82, 2.24) is 19.7 Å². The fourth-order valence-corrected chi connectivity index (χ4v) is 3.60. The summed E-state index contributed by atoms with van der Waals surface area (Å²) in [5, 5.41) is 6.18. The van der Waals surface area contributed by atoms with Crippen LogP contribution in [0.2, 0.25) is 0 Å². The first-order valence-corrected chi connectivity index (χ1v) is 9.00. The number of carbonyl (C=O) groups excluding carboxylic acids is 1. The van der Waals surface area contributed by atoms with Crippen LogP contribution in [-0.2, 0) is 4.79 Å². The van der Waals surface area contributed by atoms with Crippen molar-refractivity contribution < 1.29 is 4.79 Å². The van der Waals surface area contributed by atoms with Gasteiger partial charge in [-0.05, 0) is 37.3 Å². The number of hydrogen-bond donors (Lipinski definition) is 0. The lowest BCUT2D eigenvalue weighted by Gasteiger charge is -2.30. The molecule has 0 aromatic carbocycles. The van der Waals surface area contributed by atoms with Gasteiger partial charge in [0, 0.05) is 11.4 Å². The van der Waals surface area contributed by atoms with Crippen molar-refractivity contribution in [3.8, 4) is 0 Å². The number of rotatable bonds is 4. The van der Waals surface area contributed by atoms with E-state index in [2.05, 4.69) is 33.7 Å². The third kappa shape index (κ3) is 3.88. The summed E-state index contributed by atoms with van der Waals surface area (Å²) in [6.07, 6.45) is 11.9. The van der Waals surface area contributed by atoms with Crippen molar-refractivity contribution in [3.63, 3.8) is 0 Å². The Morgan fingerprint density at radius 2 is 2.35 bits per heavy atom. The van der Waals surface area contributed by atoms with Gasteiger partial charge in [0.2, 0.25) is 5.91 Å². The monoisotopic (exact) mass is 330 g/mol. The van der Waals surface area contributed by atoms with Gasteiger partial charge in [-0.25, -0.2) is 9.67 Å². The third-order valence-electron chi connectivity index (χ3n) is 4.30. The van der Waals surface area contributed by atoms with Crippen LogP contribution in [0, 0.1) is 0 Å². The van der Waals surface area contributed by atoms with Crippen molar-refractivity contribution in [2.45, 2.75) is 44.7 Å². The summed E-state index contributed by atoms with van der Waals surface area (Å²) in [6.45, 7) is 2.71. The lowest BCUT2D eigenvalue weighted by Crippen LogP contribution is -2.42. The first kappa shape index (κ1) is 15.9. The van der Waals surface area contributed by atoms with Crippen molar-refractivity contribution in [2.24, 2.45) is 0 Å². The van der Waals surface area contributed by atoms with E-state index in [0.29, 0.717) is 0 Å². The first-order valence-electron chi connectivity index (χ1n) is 8.12. The fraction of sp³-hybridized carbons (Fsp3) is 0.471. The van der Waals surface area contributed by atoms with Crippen molar-refractivity contribution in [1.29, 1.82) is 0 Å². The van der Waals surface area contributed by atoms with Crippen LogP contribution >= 0.6 is 11.3 Å². The Morgan fingerprint density at radius 3 is 3.09 bits per heavy atom. The molecule has 3 heterocycles. The van der Waals surface area contributed by atoms with Gasteiger partial charge in [0.25, 0.3) is 0 Å². The van der Waals surface area contributed by atoms with Crippen LogP contribution in [-0.4, -0.2) is 38.2 Å². The van der Waals surface area contributed by atoms with Gasteiger partial charge in [0.05, 0.1) is 6.04 Å². The van der Waals surface area contributed by atoms with E-state index in [1.165, 1.54) is 24.0 Å². The van der Waals surface area contributed by atoms with Gasteiger partial charge in [-0.3, -0.25) is 4.79 Å². The predicted octanol–water partition coefficient (Wildman–Crippen LogP) is 3.39. The summed E-state index contributed by atoms with van der Waals surface area (Å²) in [4.78, 5) is 20.1. The molecule has 0 radical (unpaired) electrons. The van der Waals surface area contributed by atoms with Gasteiger partial charge in [-0.1, -0.05) is 25.0 Å². The van der Waals surface area contributed by atoms with Crippen molar-refractivity contribution in [3.05, 3.63) is 41.1 Å². The standard InChI is InChI=1S/C17H22N4OS/c1-14(21-13-18-12-19-21)17(22)20-10-4-2-3-6-15(20)8-9-16-7-5-11-23-16/h5,7-9,11-15H,2-4,6,10H2,1H3. The minimum atomic E-state index is -0.312. The molecule has 1 saturated heterocycles. The molecule has 0 aliphatic carbocycles. The summed E-state index contributed by atoms with van der Waals surface area (Å²) < 4.78 is 1.63. The molecule has 122 valence electrons. The fourth-order valence-electron chi connectivity index (χ4n) is 2.97. The van der Waals surface area contributed by atoms with Gasteiger partial charge >= 0.3 is 0 Å². The molecule has 23 heavy (non-hydrogen) atoms. The Morgan fingerprint density at radius 1 is 1.43 bits per heavy atom. The summed E-state index contributed by atoms with van der Waals surface area (Å²) in [5.41, 5.74) is 0. The normalized spacial score (nSPS) is 20.6. The summed E-state index contributed by atoms with van der Waals surface area (Å²) >= 11 is 1.72. The molecule has 0 bridgehead atoms. The summed E-state index contributed by atoms with van der Waals surface area (Å²) in [7, 11) is 0. The zero-order valence-electron chi connectivity index (χ0n) is 13.3. The molecule has 0 N–H and O–H groups in total. The molecular formula is C17H22N4OS. The van der Waals surface area contributed by atoms with E-state index in [0.717, 1.165) is 19.4 Å². The average Bonchev–Trinajstić information content (AvgIpc) is 3.22. The van der Waals surface area contributed by atoms with Crippen LogP contribution < -0.4 is 0 Å². The van der Waals surface area contributed by atoms with Crippen LogP contribution in [0.1, 0.15) is 43.5 Å².